The summed E-state index contributed by atoms with van der Waals surface area (Å²) in [4.78, 5) is 0. The highest BCUT2D eigenvalue weighted by Crippen LogP contribution is 2.36. The number of hydrogen-bond donors (Lipinski definition) is 0. The van der Waals surface area contributed by atoms with Gasteiger partial charge in [-0.1, -0.05) is 30.3 Å². The second-order valence-corrected chi connectivity index (χ2v) is 6.68. The second kappa shape index (κ2) is 5.06. The van der Waals surface area contributed by atoms with Gasteiger partial charge in [-0.2, -0.15) is 0 Å². The molecule has 0 N–H and O–H groups in total. The molecule has 1 heterocycles. The fourth-order valence-corrected chi connectivity index (χ4v) is 3.81. The van der Waals surface area contributed by atoms with Gasteiger partial charge >= 0.3 is 0 Å². The number of benzene rings is 2. The van der Waals surface area contributed by atoms with Crippen LogP contribution in [0.3, 0.4) is 0 Å². The van der Waals surface area contributed by atoms with E-state index in [4.69, 9.17) is 16.3 Å². The van der Waals surface area contributed by atoms with Crippen LogP contribution in [0.1, 0.15) is 46.5 Å². The molecule has 2 aromatic carbocycles. The Morgan fingerprint density at radius 1 is 1.00 bits per heavy atom. The van der Waals surface area contributed by atoms with Gasteiger partial charge in [0.05, 0.1) is 5.38 Å². The normalized spacial score (nSPS) is 20.8. The minimum Gasteiger partial charge on any atom is -0.490 e. The number of rotatable bonds is 2. The van der Waals surface area contributed by atoms with Crippen LogP contribution in [-0.2, 0) is 19.3 Å². The van der Waals surface area contributed by atoms with Crippen LogP contribution >= 0.6 is 11.6 Å². The van der Waals surface area contributed by atoms with Crippen molar-refractivity contribution < 1.29 is 4.74 Å². The largest absolute Gasteiger partial charge is 0.490 e. The summed E-state index contributed by atoms with van der Waals surface area (Å²) in [6.45, 7) is 2.11. The third-order valence-electron chi connectivity index (χ3n) is 4.63. The molecule has 0 fully saturated rings. The molecule has 1 aliphatic heterocycles. The first-order valence-corrected chi connectivity index (χ1v) is 8.19. The van der Waals surface area contributed by atoms with E-state index >= 15 is 0 Å². The highest BCUT2D eigenvalue weighted by Gasteiger charge is 2.21. The summed E-state index contributed by atoms with van der Waals surface area (Å²) < 4.78 is 5.76. The van der Waals surface area contributed by atoms with Crippen molar-refractivity contribution in [3.8, 4) is 5.75 Å². The first-order valence-electron chi connectivity index (χ1n) is 7.76. The Hall–Kier alpha value is -1.47. The summed E-state index contributed by atoms with van der Waals surface area (Å²) in [6.07, 6.45) is 4.96. The lowest BCUT2D eigenvalue weighted by Gasteiger charge is -2.13. The van der Waals surface area contributed by atoms with E-state index in [9.17, 15) is 0 Å². The van der Waals surface area contributed by atoms with E-state index in [0.717, 1.165) is 12.2 Å². The Balaban J connectivity index is 1.66. The Labute approximate surface area is 130 Å². The molecule has 0 radical (unpaired) electrons. The van der Waals surface area contributed by atoms with Crippen molar-refractivity contribution in [1.82, 2.24) is 0 Å². The van der Waals surface area contributed by atoms with Crippen molar-refractivity contribution >= 4 is 11.6 Å². The molecule has 0 bridgehead atoms. The summed E-state index contributed by atoms with van der Waals surface area (Å²) in [5, 5.41) is -0.0721. The molecule has 0 saturated heterocycles. The first kappa shape index (κ1) is 13.2. The summed E-state index contributed by atoms with van der Waals surface area (Å²) in [5.74, 6) is 1.02. The lowest BCUT2D eigenvalue weighted by Crippen LogP contribution is -2.05. The zero-order valence-electron chi connectivity index (χ0n) is 12.2. The molecule has 2 aromatic rings. The van der Waals surface area contributed by atoms with Crippen molar-refractivity contribution in [2.75, 3.05) is 0 Å². The Kier molecular flexibility index (Phi) is 3.19. The lowest BCUT2D eigenvalue weighted by atomic mass is 9.98. The van der Waals surface area contributed by atoms with Crippen LogP contribution < -0.4 is 4.74 Å². The van der Waals surface area contributed by atoms with Crippen molar-refractivity contribution in [2.24, 2.45) is 0 Å². The number of ether oxygens (including phenoxy) is 1. The van der Waals surface area contributed by atoms with E-state index in [1.165, 1.54) is 47.1 Å². The fraction of sp³-hybridized carbons (Fsp3) is 0.368. The van der Waals surface area contributed by atoms with Crippen LogP contribution in [0, 0.1) is 0 Å². The molecule has 2 atom stereocenters. The van der Waals surface area contributed by atoms with Gasteiger partial charge in [-0.05, 0) is 60.1 Å². The zero-order chi connectivity index (χ0) is 14.4. The van der Waals surface area contributed by atoms with Crippen LogP contribution in [0.15, 0.2) is 36.4 Å². The molecule has 0 saturated carbocycles. The summed E-state index contributed by atoms with van der Waals surface area (Å²) >= 11 is 6.73. The monoisotopic (exact) mass is 298 g/mol. The van der Waals surface area contributed by atoms with Crippen molar-refractivity contribution in [2.45, 2.75) is 44.1 Å². The molecule has 0 spiro atoms. The SMILES string of the molecule is CC1Cc2cc(C(Cl)c3ccc4c(c3)CCC4)ccc2O1. The van der Waals surface area contributed by atoms with Gasteiger partial charge in [0.1, 0.15) is 11.9 Å². The summed E-state index contributed by atoms with van der Waals surface area (Å²) in [6, 6.07) is 13.1. The van der Waals surface area contributed by atoms with E-state index < -0.39 is 0 Å². The maximum Gasteiger partial charge on any atom is 0.123 e. The van der Waals surface area contributed by atoms with E-state index in [0.29, 0.717) is 0 Å². The molecule has 0 amide bonds. The maximum atomic E-state index is 6.73. The average molecular weight is 299 g/mol. The predicted octanol–water partition coefficient (Wildman–Crippen LogP) is 4.83. The van der Waals surface area contributed by atoms with Crippen LogP contribution in [0.2, 0.25) is 0 Å². The van der Waals surface area contributed by atoms with Crippen LogP contribution in [-0.4, -0.2) is 6.10 Å². The van der Waals surface area contributed by atoms with Gasteiger partial charge in [0.15, 0.2) is 0 Å². The molecule has 1 nitrogen and oxygen atoms in total. The smallest absolute Gasteiger partial charge is 0.123 e. The van der Waals surface area contributed by atoms with Crippen LogP contribution in [0.4, 0.5) is 0 Å². The molecular weight excluding hydrogens is 280 g/mol. The van der Waals surface area contributed by atoms with E-state index in [1.54, 1.807) is 0 Å². The summed E-state index contributed by atoms with van der Waals surface area (Å²) in [5.41, 5.74) is 6.65. The zero-order valence-corrected chi connectivity index (χ0v) is 13.0. The van der Waals surface area contributed by atoms with E-state index in [2.05, 4.69) is 43.3 Å². The molecule has 2 heteroatoms. The second-order valence-electron chi connectivity index (χ2n) is 6.24. The highest BCUT2D eigenvalue weighted by molar-refractivity contribution is 6.22. The van der Waals surface area contributed by atoms with Gasteiger partial charge in [-0.3, -0.25) is 0 Å². The minimum atomic E-state index is -0.0721. The quantitative estimate of drug-likeness (QED) is 0.722. The van der Waals surface area contributed by atoms with Gasteiger partial charge in [-0.15, -0.1) is 11.6 Å². The average Bonchev–Trinajstić information content (AvgIpc) is 3.09. The molecule has 21 heavy (non-hydrogen) atoms. The van der Waals surface area contributed by atoms with Gasteiger partial charge in [-0.25, -0.2) is 0 Å². The molecular formula is C19H19ClO. The predicted molar refractivity (Wildman–Crippen MR) is 86.4 cm³/mol. The molecule has 4 rings (SSSR count). The molecule has 2 unspecified atom stereocenters. The van der Waals surface area contributed by atoms with Gasteiger partial charge in [0.25, 0.3) is 0 Å². The maximum absolute atomic E-state index is 6.73. The number of halogens is 1. The van der Waals surface area contributed by atoms with Crippen molar-refractivity contribution in [1.29, 1.82) is 0 Å². The molecule has 2 aliphatic rings. The number of alkyl halides is 1. The molecule has 108 valence electrons. The topological polar surface area (TPSA) is 9.23 Å². The summed E-state index contributed by atoms with van der Waals surface area (Å²) in [7, 11) is 0. The Bertz CT molecular complexity index is 692. The fourth-order valence-electron chi connectivity index (χ4n) is 3.54. The van der Waals surface area contributed by atoms with E-state index in [1.807, 2.05) is 0 Å². The standard InChI is InChI=1S/C19H19ClO/c1-12-9-17-11-16(7-8-18(17)21-12)19(20)15-6-5-13-3-2-4-14(13)10-15/h5-8,10-12,19H,2-4,9H2,1H3. The third kappa shape index (κ3) is 2.34. The number of aryl methyl sites for hydroxylation is 2. The number of hydrogen-bond acceptors (Lipinski definition) is 1. The third-order valence-corrected chi connectivity index (χ3v) is 5.13. The Morgan fingerprint density at radius 3 is 2.57 bits per heavy atom. The van der Waals surface area contributed by atoms with Gasteiger partial charge < -0.3 is 4.74 Å². The highest BCUT2D eigenvalue weighted by atomic mass is 35.5. The van der Waals surface area contributed by atoms with Crippen LogP contribution in [0.5, 0.6) is 5.75 Å². The first-order chi connectivity index (χ1) is 10.2. The van der Waals surface area contributed by atoms with Crippen molar-refractivity contribution in [3.05, 3.63) is 64.2 Å². The number of fused-ring (bicyclic) bond motifs is 2. The molecule has 0 aromatic heterocycles. The van der Waals surface area contributed by atoms with E-state index in [-0.39, 0.29) is 11.5 Å². The van der Waals surface area contributed by atoms with Crippen LogP contribution in [0.25, 0.3) is 0 Å². The lowest BCUT2D eigenvalue weighted by molar-refractivity contribution is 0.254. The molecule has 1 aliphatic carbocycles. The Morgan fingerprint density at radius 2 is 1.71 bits per heavy atom. The van der Waals surface area contributed by atoms with Gasteiger partial charge in [0, 0.05) is 6.42 Å². The van der Waals surface area contributed by atoms with Gasteiger partial charge in [0.2, 0.25) is 0 Å². The van der Waals surface area contributed by atoms with Crippen molar-refractivity contribution in [3.63, 3.8) is 0 Å². The minimum absolute atomic E-state index is 0.0721.